The van der Waals surface area contributed by atoms with E-state index in [0.29, 0.717) is 23.9 Å². The van der Waals surface area contributed by atoms with Crippen molar-refractivity contribution >= 4 is 33.4 Å². The van der Waals surface area contributed by atoms with Crippen LogP contribution in [0.5, 0.6) is 0 Å². The Bertz CT molecular complexity index is 476. The van der Waals surface area contributed by atoms with Crippen LogP contribution in [0, 0.1) is 5.41 Å². The van der Waals surface area contributed by atoms with Gasteiger partial charge in [0, 0.05) is 5.33 Å². The van der Waals surface area contributed by atoms with E-state index in [4.69, 9.17) is 0 Å². The highest BCUT2D eigenvalue weighted by Gasteiger charge is 2.59. The number of para-hydroxylation sites is 1. The first-order valence-electron chi connectivity index (χ1n) is 6.15. The van der Waals surface area contributed by atoms with E-state index in [-0.39, 0.29) is 11.8 Å². The number of hydrogen-bond acceptors (Lipinski definition) is 2. The van der Waals surface area contributed by atoms with Gasteiger partial charge in [-0.1, -0.05) is 48.0 Å². The van der Waals surface area contributed by atoms with Crippen LogP contribution < -0.4 is 4.90 Å². The van der Waals surface area contributed by atoms with Crippen molar-refractivity contribution in [3.8, 4) is 0 Å². The monoisotopic (exact) mass is 309 g/mol. The van der Waals surface area contributed by atoms with E-state index >= 15 is 0 Å². The summed E-state index contributed by atoms with van der Waals surface area (Å²) in [6.07, 6.45) is 1.16. The van der Waals surface area contributed by atoms with Gasteiger partial charge in [0.15, 0.2) is 0 Å². The average Bonchev–Trinajstić information content (AvgIpc) is 2.41. The Balaban J connectivity index is 2.39. The molecule has 0 aliphatic carbocycles. The number of imide groups is 1. The fraction of sp³-hybridized carbons (Fsp3) is 0.429. The number of amides is 2. The Morgan fingerprint density at radius 3 is 2.17 bits per heavy atom. The third kappa shape index (κ3) is 1.62. The van der Waals surface area contributed by atoms with Crippen LogP contribution in [0.3, 0.4) is 0 Å². The normalized spacial score (nSPS) is 17.8. The number of carbonyl (C=O) groups excluding carboxylic acids is 2. The van der Waals surface area contributed by atoms with Crippen LogP contribution in [0.25, 0.3) is 0 Å². The molecule has 0 saturated carbocycles. The van der Waals surface area contributed by atoms with Gasteiger partial charge in [-0.2, -0.15) is 0 Å². The van der Waals surface area contributed by atoms with E-state index < -0.39 is 5.41 Å². The molecule has 1 fully saturated rings. The fourth-order valence-electron chi connectivity index (χ4n) is 2.47. The summed E-state index contributed by atoms with van der Waals surface area (Å²) in [7, 11) is 0. The number of rotatable bonds is 4. The molecule has 96 valence electrons. The average molecular weight is 310 g/mol. The minimum atomic E-state index is -0.778. The minimum absolute atomic E-state index is 0.0640. The van der Waals surface area contributed by atoms with Gasteiger partial charge in [0.25, 0.3) is 0 Å². The number of halogens is 1. The number of β-lactam (4-membered cyclic amide) rings is 2. The van der Waals surface area contributed by atoms with Gasteiger partial charge in [-0.15, -0.1) is 0 Å². The quantitative estimate of drug-likeness (QED) is 0.486. The summed E-state index contributed by atoms with van der Waals surface area (Å²) >= 11 is 3.38. The van der Waals surface area contributed by atoms with Crippen molar-refractivity contribution in [1.29, 1.82) is 0 Å². The van der Waals surface area contributed by atoms with Crippen molar-refractivity contribution in [1.82, 2.24) is 0 Å². The van der Waals surface area contributed by atoms with Gasteiger partial charge in [-0.05, 0) is 24.5 Å². The van der Waals surface area contributed by atoms with E-state index in [1.165, 1.54) is 4.90 Å². The maximum Gasteiger partial charge on any atom is 0.249 e. The third-order valence-electron chi connectivity index (χ3n) is 3.81. The molecule has 2 rings (SSSR count). The number of anilines is 1. The number of benzene rings is 1. The first-order chi connectivity index (χ1) is 8.62. The molecule has 1 aromatic carbocycles. The Morgan fingerprint density at radius 2 is 1.67 bits per heavy atom. The molecule has 2 amide bonds. The highest BCUT2D eigenvalue weighted by molar-refractivity contribution is 9.08. The van der Waals surface area contributed by atoms with E-state index in [0.717, 1.165) is 5.56 Å². The lowest BCUT2D eigenvalue weighted by atomic mass is 9.72. The minimum Gasteiger partial charge on any atom is -0.273 e. The molecular formula is C14H16BrNO2. The Morgan fingerprint density at radius 1 is 1.11 bits per heavy atom. The van der Waals surface area contributed by atoms with Crippen molar-refractivity contribution in [2.24, 2.45) is 5.41 Å². The van der Waals surface area contributed by atoms with Gasteiger partial charge < -0.3 is 0 Å². The molecule has 0 bridgehead atoms. The highest BCUT2D eigenvalue weighted by Crippen LogP contribution is 2.43. The van der Waals surface area contributed by atoms with E-state index in [1.54, 1.807) is 0 Å². The zero-order valence-electron chi connectivity index (χ0n) is 10.6. The van der Waals surface area contributed by atoms with E-state index in [2.05, 4.69) is 15.9 Å². The first-order valence-corrected chi connectivity index (χ1v) is 7.27. The molecule has 0 aromatic heterocycles. The fourth-order valence-corrected chi connectivity index (χ4v) is 2.95. The predicted octanol–water partition coefficient (Wildman–Crippen LogP) is 3.26. The van der Waals surface area contributed by atoms with Crippen LogP contribution in [0.1, 0.15) is 32.3 Å². The van der Waals surface area contributed by atoms with Crippen LogP contribution in [0.15, 0.2) is 24.3 Å². The van der Waals surface area contributed by atoms with Gasteiger partial charge in [-0.3, -0.25) is 9.59 Å². The molecule has 0 spiro atoms. The summed E-state index contributed by atoms with van der Waals surface area (Å²) in [5, 5.41) is 0.630. The van der Waals surface area contributed by atoms with Crippen molar-refractivity contribution in [3.05, 3.63) is 29.8 Å². The second-order valence-electron chi connectivity index (χ2n) is 4.50. The molecule has 1 aromatic rings. The molecule has 1 saturated heterocycles. The third-order valence-corrected chi connectivity index (χ3v) is 4.41. The molecule has 1 heterocycles. The standard InChI is InChI=1S/C14H16BrNO2/c1-3-14(4-2)12(17)16(13(14)18)11-8-6-5-7-10(11)9-15/h5-8H,3-4,9H2,1-2H3. The molecular weight excluding hydrogens is 294 g/mol. The topological polar surface area (TPSA) is 37.4 Å². The van der Waals surface area contributed by atoms with Crippen molar-refractivity contribution in [2.45, 2.75) is 32.0 Å². The lowest BCUT2D eigenvalue weighted by molar-refractivity contribution is -0.153. The van der Waals surface area contributed by atoms with Crippen molar-refractivity contribution < 1.29 is 9.59 Å². The molecule has 0 N–H and O–H groups in total. The second-order valence-corrected chi connectivity index (χ2v) is 5.06. The van der Waals surface area contributed by atoms with Crippen LogP contribution in [-0.4, -0.2) is 11.8 Å². The summed E-state index contributed by atoms with van der Waals surface area (Å²) in [5.74, 6) is -0.128. The van der Waals surface area contributed by atoms with Crippen LogP contribution in [0.2, 0.25) is 0 Å². The second kappa shape index (κ2) is 4.84. The van der Waals surface area contributed by atoms with Crippen molar-refractivity contribution in [3.63, 3.8) is 0 Å². The number of nitrogens with zero attached hydrogens (tertiary/aromatic N) is 1. The summed E-state index contributed by atoms with van der Waals surface area (Å²) in [5.41, 5.74) is 0.890. The summed E-state index contributed by atoms with van der Waals surface area (Å²) in [6.45, 7) is 3.79. The van der Waals surface area contributed by atoms with Gasteiger partial charge >= 0.3 is 0 Å². The molecule has 0 atom stereocenters. The number of carbonyl (C=O) groups is 2. The smallest absolute Gasteiger partial charge is 0.249 e. The van der Waals surface area contributed by atoms with Crippen LogP contribution in [-0.2, 0) is 14.9 Å². The largest absolute Gasteiger partial charge is 0.273 e. The van der Waals surface area contributed by atoms with Crippen LogP contribution >= 0.6 is 15.9 Å². The molecule has 3 nitrogen and oxygen atoms in total. The van der Waals surface area contributed by atoms with Gasteiger partial charge in [-0.25, -0.2) is 4.90 Å². The summed E-state index contributed by atoms with van der Waals surface area (Å²) in [6, 6.07) is 7.49. The summed E-state index contributed by atoms with van der Waals surface area (Å²) in [4.78, 5) is 26.0. The van der Waals surface area contributed by atoms with Gasteiger partial charge in [0.2, 0.25) is 11.8 Å². The first kappa shape index (κ1) is 13.3. The Kier molecular flexibility index (Phi) is 3.57. The zero-order valence-corrected chi connectivity index (χ0v) is 12.2. The van der Waals surface area contributed by atoms with Gasteiger partial charge in [0.05, 0.1) is 5.69 Å². The Labute approximate surface area is 115 Å². The Hall–Kier alpha value is -1.16. The molecule has 1 aliphatic rings. The number of hydrogen-bond donors (Lipinski definition) is 0. The predicted molar refractivity (Wildman–Crippen MR) is 74.6 cm³/mol. The molecule has 0 unspecified atom stereocenters. The lowest BCUT2D eigenvalue weighted by Gasteiger charge is -2.45. The van der Waals surface area contributed by atoms with E-state index in [1.807, 2.05) is 38.1 Å². The zero-order chi connectivity index (χ0) is 13.3. The molecule has 1 aliphatic heterocycles. The molecule has 18 heavy (non-hydrogen) atoms. The van der Waals surface area contributed by atoms with Gasteiger partial charge in [0.1, 0.15) is 5.41 Å². The van der Waals surface area contributed by atoms with Crippen molar-refractivity contribution in [2.75, 3.05) is 4.90 Å². The van der Waals surface area contributed by atoms with E-state index in [9.17, 15) is 9.59 Å². The van der Waals surface area contributed by atoms with Crippen LogP contribution in [0.4, 0.5) is 5.69 Å². The maximum absolute atomic E-state index is 12.3. The molecule has 4 heteroatoms. The lowest BCUT2D eigenvalue weighted by Crippen LogP contribution is -2.66. The molecule has 0 radical (unpaired) electrons. The highest BCUT2D eigenvalue weighted by atomic mass is 79.9. The maximum atomic E-state index is 12.3. The number of alkyl halides is 1. The SMILES string of the molecule is CCC1(CC)C(=O)N(c2ccccc2CBr)C1=O. The summed E-state index contributed by atoms with van der Waals surface area (Å²) < 4.78 is 0.